The summed E-state index contributed by atoms with van der Waals surface area (Å²) < 4.78 is 1.46. The summed E-state index contributed by atoms with van der Waals surface area (Å²) in [5.41, 5.74) is 0.186. The van der Waals surface area contributed by atoms with Gasteiger partial charge in [0.2, 0.25) is 5.43 Å². The van der Waals surface area contributed by atoms with Gasteiger partial charge in [0.1, 0.15) is 23.5 Å². The molecule has 58 valence electrons. The van der Waals surface area contributed by atoms with Crippen molar-refractivity contribution in [1.29, 1.82) is 5.26 Å². The van der Waals surface area contributed by atoms with E-state index >= 15 is 0 Å². The molecular weight excluding hydrogens is 156 g/mol. The van der Waals surface area contributed by atoms with Crippen LogP contribution in [-0.4, -0.2) is 14.6 Å². The SMILES string of the molecule is N#Cc1c[nH]n2cncc2c1=O. The first-order valence-corrected chi connectivity index (χ1v) is 3.27. The molecule has 0 saturated carbocycles. The van der Waals surface area contributed by atoms with Crippen LogP contribution in [0.1, 0.15) is 5.56 Å². The van der Waals surface area contributed by atoms with Crippen molar-refractivity contribution in [2.75, 3.05) is 0 Å². The predicted octanol–water partition coefficient (Wildman–Crippen LogP) is -0.106. The van der Waals surface area contributed by atoms with E-state index in [0.29, 0.717) is 5.52 Å². The van der Waals surface area contributed by atoms with Gasteiger partial charge in [-0.05, 0) is 0 Å². The number of aromatic amines is 1. The van der Waals surface area contributed by atoms with Crippen molar-refractivity contribution in [2.45, 2.75) is 0 Å². The molecule has 2 rings (SSSR count). The maximum Gasteiger partial charge on any atom is 0.225 e. The first-order valence-electron chi connectivity index (χ1n) is 3.27. The first kappa shape index (κ1) is 6.61. The summed E-state index contributed by atoms with van der Waals surface area (Å²) in [7, 11) is 0. The molecule has 0 spiro atoms. The smallest absolute Gasteiger partial charge is 0.225 e. The predicted molar refractivity (Wildman–Crippen MR) is 40.5 cm³/mol. The minimum absolute atomic E-state index is 0.100. The standard InChI is InChI=1S/C7H4N4O/c8-1-5-2-10-11-4-9-3-6(11)7(5)12/h2-4,10H. The Hall–Kier alpha value is -2.09. The second kappa shape index (κ2) is 2.20. The van der Waals surface area contributed by atoms with Crippen molar-refractivity contribution in [3.8, 4) is 6.07 Å². The molecule has 0 saturated heterocycles. The molecule has 5 heteroatoms. The van der Waals surface area contributed by atoms with Crippen molar-refractivity contribution in [2.24, 2.45) is 0 Å². The van der Waals surface area contributed by atoms with E-state index in [1.54, 1.807) is 6.07 Å². The van der Waals surface area contributed by atoms with Crippen molar-refractivity contribution in [1.82, 2.24) is 14.6 Å². The van der Waals surface area contributed by atoms with Gasteiger partial charge in [-0.1, -0.05) is 0 Å². The first-order chi connectivity index (χ1) is 5.83. The lowest BCUT2D eigenvalue weighted by Gasteiger charge is -1.91. The molecule has 0 bridgehead atoms. The van der Waals surface area contributed by atoms with Gasteiger partial charge in [0.25, 0.3) is 0 Å². The maximum absolute atomic E-state index is 11.3. The van der Waals surface area contributed by atoms with Crippen molar-refractivity contribution in [3.05, 3.63) is 34.5 Å². The van der Waals surface area contributed by atoms with Gasteiger partial charge >= 0.3 is 0 Å². The molecule has 2 aromatic heterocycles. The van der Waals surface area contributed by atoms with Gasteiger partial charge in [0.15, 0.2) is 0 Å². The average Bonchev–Trinajstić information content (AvgIpc) is 2.53. The number of hydrogen-bond donors (Lipinski definition) is 1. The van der Waals surface area contributed by atoms with Crippen LogP contribution >= 0.6 is 0 Å². The van der Waals surface area contributed by atoms with E-state index in [9.17, 15) is 4.79 Å². The number of nitrogens with zero attached hydrogens (tertiary/aromatic N) is 3. The zero-order valence-corrected chi connectivity index (χ0v) is 5.98. The number of hydrogen-bond acceptors (Lipinski definition) is 3. The van der Waals surface area contributed by atoms with E-state index < -0.39 is 0 Å². The fraction of sp³-hybridized carbons (Fsp3) is 0. The van der Waals surface area contributed by atoms with Crippen LogP contribution in [0.3, 0.4) is 0 Å². The third-order valence-corrected chi connectivity index (χ3v) is 1.58. The second-order valence-electron chi connectivity index (χ2n) is 2.28. The van der Waals surface area contributed by atoms with E-state index in [1.165, 1.54) is 23.2 Å². The summed E-state index contributed by atoms with van der Waals surface area (Å²) in [6.45, 7) is 0. The number of fused-ring (bicyclic) bond motifs is 1. The average molecular weight is 160 g/mol. The Kier molecular flexibility index (Phi) is 1.21. The second-order valence-corrected chi connectivity index (χ2v) is 2.28. The summed E-state index contributed by atoms with van der Waals surface area (Å²) in [6, 6.07) is 1.79. The lowest BCUT2D eigenvalue weighted by Crippen LogP contribution is -2.10. The summed E-state index contributed by atoms with van der Waals surface area (Å²) in [6.07, 6.45) is 4.24. The highest BCUT2D eigenvalue weighted by Crippen LogP contribution is 1.93. The van der Waals surface area contributed by atoms with Crippen LogP contribution in [0.5, 0.6) is 0 Å². The molecule has 0 unspecified atom stereocenters. The molecule has 2 heterocycles. The summed E-state index contributed by atoms with van der Waals surface area (Å²) in [5.74, 6) is 0. The molecule has 0 aliphatic heterocycles. The van der Waals surface area contributed by atoms with Gasteiger partial charge in [-0.25, -0.2) is 9.50 Å². The largest absolute Gasteiger partial charge is 0.299 e. The zero-order valence-electron chi connectivity index (χ0n) is 5.98. The van der Waals surface area contributed by atoms with Crippen LogP contribution in [-0.2, 0) is 0 Å². The van der Waals surface area contributed by atoms with E-state index in [0.717, 1.165) is 0 Å². The molecule has 1 N–H and O–H groups in total. The summed E-state index contributed by atoms with van der Waals surface area (Å²) >= 11 is 0. The topological polar surface area (TPSA) is 73.9 Å². The third kappa shape index (κ3) is 0.720. The summed E-state index contributed by atoms with van der Waals surface area (Å²) in [5, 5.41) is 11.2. The van der Waals surface area contributed by atoms with Gasteiger partial charge in [0.05, 0.1) is 6.20 Å². The lowest BCUT2D eigenvalue weighted by atomic mass is 10.3. The fourth-order valence-corrected chi connectivity index (χ4v) is 0.987. The lowest BCUT2D eigenvalue weighted by molar-refractivity contribution is 0.917. The molecule has 0 amide bonds. The normalized spacial score (nSPS) is 9.92. The Labute approximate surface area is 66.9 Å². The molecule has 5 nitrogen and oxygen atoms in total. The number of imidazole rings is 1. The van der Waals surface area contributed by atoms with Crippen molar-refractivity contribution < 1.29 is 0 Å². The van der Waals surface area contributed by atoms with E-state index in [-0.39, 0.29) is 11.0 Å². The Bertz CT molecular complexity index is 516. The number of aromatic nitrogens is 3. The minimum atomic E-state index is -0.297. The minimum Gasteiger partial charge on any atom is -0.299 e. The Balaban J connectivity index is 3.00. The van der Waals surface area contributed by atoms with Crippen LogP contribution in [0.25, 0.3) is 5.52 Å². The molecule has 0 fully saturated rings. The van der Waals surface area contributed by atoms with Crippen LogP contribution in [0.4, 0.5) is 0 Å². The fourth-order valence-electron chi connectivity index (χ4n) is 0.987. The number of nitriles is 1. The van der Waals surface area contributed by atoms with Crippen LogP contribution in [0, 0.1) is 11.3 Å². The molecule has 0 aliphatic carbocycles. The van der Waals surface area contributed by atoms with Gasteiger partial charge in [-0.15, -0.1) is 0 Å². The van der Waals surface area contributed by atoms with Crippen LogP contribution < -0.4 is 5.43 Å². The number of nitrogens with one attached hydrogen (secondary N) is 1. The Morgan fingerprint density at radius 3 is 3.25 bits per heavy atom. The number of rotatable bonds is 0. The third-order valence-electron chi connectivity index (χ3n) is 1.58. The van der Waals surface area contributed by atoms with Gasteiger partial charge < -0.3 is 0 Å². The van der Waals surface area contributed by atoms with Gasteiger partial charge in [-0.3, -0.25) is 9.89 Å². The van der Waals surface area contributed by atoms with Gasteiger partial charge in [-0.2, -0.15) is 5.26 Å². The highest BCUT2D eigenvalue weighted by molar-refractivity contribution is 5.47. The van der Waals surface area contributed by atoms with Crippen LogP contribution in [0.2, 0.25) is 0 Å². The number of H-pyrrole nitrogens is 1. The molecule has 0 atom stereocenters. The Morgan fingerprint density at radius 2 is 2.50 bits per heavy atom. The molecule has 0 aromatic carbocycles. The zero-order chi connectivity index (χ0) is 8.55. The molecule has 2 aromatic rings. The maximum atomic E-state index is 11.3. The summed E-state index contributed by atoms with van der Waals surface area (Å²) in [4.78, 5) is 15.1. The molecule has 12 heavy (non-hydrogen) atoms. The van der Waals surface area contributed by atoms with E-state index in [2.05, 4.69) is 10.1 Å². The monoisotopic (exact) mass is 160 g/mol. The molecule has 0 radical (unpaired) electrons. The highest BCUT2D eigenvalue weighted by Gasteiger charge is 2.02. The van der Waals surface area contributed by atoms with Gasteiger partial charge in [0, 0.05) is 6.20 Å². The molecular formula is C7H4N4O. The molecule has 0 aliphatic rings. The van der Waals surface area contributed by atoms with Crippen LogP contribution in [0.15, 0.2) is 23.5 Å². The van der Waals surface area contributed by atoms with Crippen molar-refractivity contribution in [3.63, 3.8) is 0 Å². The highest BCUT2D eigenvalue weighted by atomic mass is 16.1. The van der Waals surface area contributed by atoms with E-state index in [1.807, 2.05) is 0 Å². The van der Waals surface area contributed by atoms with E-state index in [4.69, 9.17) is 5.26 Å². The van der Waals surface area contributed by atoms with Crippen molar-refractivity contribution >= 4 is 5.52 Å². The quantitative estimate of drug-likeness (QED) is 0.584. The Morgan fingerprint density at radius 1 is 1.67 bits per heavy atom.